The van der Waals surface area contributed by atoms with Crippen LogP contribution in [0.5, 0.6) is 0 Å². The van der Waals surface area contributed by atoms with Gasteiger partial charge in [-0.15, -0.1) is 0 Å². The highest BCUT2D eigenvalue weighted by molar-refractivity contribution is 6.02. The number of hydrogen-bond donors (Lipinski definition) is 1. The zero-order valence-corrected chi connectivity index (χ0v) is 13.4. The Morgan fingerprint density at radius 3 is 2.14 bits per heavy atom. The summed E-state index contributed by atoms with van der Waals surface area (Å²) in [6.07, 6.45) is 8.72. The maximum atomic E-state index is 13.3. The number of carbonyl (C=O) groups is 2. The van der Waals surface area contributed by atoms with E-state index in [1.807, 2.05) is 4.90 Å². The molecule has 0 aromatic rings. The summed E-state index contributed by atoms with van der Waals surface area (Å²) < 4.78 is 0. The summed E-state index contributed by atoms with van der Waals surface area (Å²) in [4.78, 5) is 28.2. The highest BCUT2D eigenvalue weighted by atomic mass is 16.2. The van der Waals surface area contributed by atoms with Crippen molar-refractivity contribution in [1.29, 1.82) is 0 Å². The van der Waals surface area contributed by atoms with Crippen LogP contribution in [0.15, 0.2) is 0 Å². The third-order valence-electron chi connectivity index (χ3n) is 5.63. The number of carbonyl (C=O) groups excluding carboxylic acids is 2. The molecule has 4 nitrogen and oxygen atoms in total. The van der Waals surface area contributed by atoms with Crippen molar-refractivity contribution < 1.29 is 9.59 Å². The van der Waals surface area contributed by atoms with Gasteiger partial charge >= 0.3 is 0 Å². The number of hydrogen-bond acceptors (Lipinski definition) is 2. The molecule has 2 aliphatic carbocycles. The molecule has 2 spiro atoms. The van der Waals surface area contributed by atoms with Crippen molar-refractivity contribution in [3.05, 3.63) is 0 Å². The molecule has 0 atom stereocenters. The quantitative estimate of drug-likeness (QED) is 0.850. The Kier molecular flexibility index (Phi) is 3.74. The SMILES string of the molecule is CC(C)CN1C(=O)C2(CCCCC2)NC(=O)C12CCCC2. The first kappa shape index (κ1) is 14.9. The van der Waals surface area contributed by atoms with Crippen molar-refractivity contribution in [1.82, 2.24) is 10.2 Å². The van der Waals surface area contributed by atoms with Crippen LogP contribution in [0.4, 0.5) is 0 Å². The molecule has 3 fully saturated rings. The fraction of sp³-hybridized carbons (Fsp3) is 0.882. The summed E-state index contributed by atoms with van der Waals surface area (Å²) >= 11 is 0. The van der Waals surface area contributed by atoms with Crippen LogP contribution in [0.2, 0.25) is 0 Å². The Bertz CT molecular complexity index is 432. The Labute approximate surface area is 127 Å². The van der Waals surface area contributed by atoms with Crippen LogP contribution in [0.3, 0.4) is 0 Å². The first-order valence-corrected chi connectivity index (χ1v) is 8.65. The molecule has 4 heteroatoms. The Balaban J connectivity index is 1.95. The lowest BCUT2D eigenvalue weighted by Crippen LogP contribution is -2.75. The molecule has 1 N–H and O–H groups in total. The van der Waals surface area contributed by atoms with Crippen molar-refractivity contribution >= 4 is 11.8 Å². The van der Waals surface area contributed by atoms with Gasteiger partial charge in [-0.25, -0.2) is 0 Å². The largest absolute Gasteiger partial charge is 0.340 e. The van der Waals surface area contributed by atoms with Gasteiger partial charge in [0.1, 0.15) is 11.1 Å². The summed E-state index contributed by atoms with van der Waals surface area (Å²) in [6.45, 7) is 4.99. The lowest BCUT2D eigenvalue weighted by Gasteiger charge is -2.53. The van der Waals surface area contributed by atoms with E-state index in [2.05, 4.69) is 19.2 Å². The highest BCUT2D eigenvalue weighted by Gasteiger charge is 2.59. The van der Waals surface area contributed by atoms with E-state index in [-0.39, 0.29) is 11.8 Å². The molecule has 2 saturated carbocycles. The summed E-state index contributed by atoms with van der Waals surface area (Å²) in [5.41, 5.74) is -1.12. The minimum atomic E-state index is -0.585. The molecule has 118 valence electrons. The molecule has 0 aromatic carbocycles. The van der Waals surface area contributed by atoms with Gasteiger partial charge in [0.05, 0.1) is 0 Å². The standard InChI is InChI=1S/C17H28N2O2/c1-13(2)12-19-15(21)16(8-4-3-5-9-16)18-14(20)17(19)10-6-7-11-17/h13H,3-12H2,1-2H3,(H,18,20). The van der Waals surface area contributed by atoms with E-state index >= 15 is 0 Å². The number of nitrogens with zero attached hydrogens (tertiary/aromatic N) is 1. The molecule has 3 rings (SSSR count). The molecule has 0 unspecified atom stereocenters. The smallest absolute Gasteiger partial charge is 0.249 e. The average molecular weight is 292 g/mol. The van der Waals surface area contributed by atoms with E-state index in [0.29, 0.717) is 12.5 Å². The highest BCUT2D eigenvalue weighted by Crippen LogP contribution is 2.43. The van der Waals surface area contributed by atoms with Crippen LogP contribution >= 0.6 is 0 Å². The second kappa shape index (κ2) is 5.29. The molecular formula is C17H28N2O2. The molecule has 0 aromatic heterocycles. The monoisotopic (exact) mass is 292 g/mol. The lowest BCUT2D eigenvalue weighted by molar-refractivity contribution is -0.165. The van der Waals surface area contributed by atoms with E-state index in [1.54, 1.807) is 0 Å². The van der Waals surface area contributed by atoms with Crippen molar-refractivity contribution in [2.24, 2.45) is 5.92 Å². The van der Waals surface area contributed by atoms with E-state index in [1.165, 1.54) is 6.42 Å². The third-order valence-corrected chi connectivity index (χ3v) is 5.63. The molecular weight excluding hydrogens is 264 g/mol. The first-order chi connectivity index (χ1) is 10.0. The Morgan fingerprint density at radius 1 is 1.00 bits per heavy atom. The molecule has 0 radical (unpaired) electrons. The summed E-state index contributed by atoms with van der Waals surface area (Å²) in [7, 11) is 0. The third kappa shape index (κ3) is 2.27. The lowest BCUT2D eigenvalue weighted by atomic mass is 9.75. The van der Waals surface area contributed by atoms with Crippen LogP contribution in [0.25, 0.3) is 0 Å². The van der Waals surface area contributed by atoms with Crippen molar-refractivity contribution in [2.75, 3.05) is 6.54 Å². The topological polar surface area (TPSA) is 49.4 Å². The maximum Gasteiger partial charge on any atom is 0.249 e. The van der Waals surface area contributed by atoms with Gasteiger partial charge in [-0.05, 0) is 31.6 Å². The summed E-state index contributed by atoms with van der Waals surface area (Å²) in [6, 6.07) is 0. The first-order valence-electron chi connectivity index (χ1n) is 8.65. The van der Waals surface area contributed by atoms with Crippen molar-refractivity contribution in [3.8, 4) is 0 Å². The van der Waals surface area contributed by atoms with Gasteiger partial charge in [-0.2, -0.15) is 0 Å². The Hall–Kier alpha value is -1.06. The van der Waals surface area contributed by atoms with Crippen LogP contribution in [0, 0.1) is 5.92 Å². The molecule has 1 aliphatic heterocycles. The molecule has 1 heterocycles. The van der Waals surface area contributed by atoms with Crippen LogP contribution in [-0.2, 0) is 9.59 Å². The Morgan fingerprint density at radius 2 is 1.57 bits per heavy atom. The summed E-state index contributed by atoms with van der Waals surface area (Å²) in [5.74, 6) is 0.734. The van der Waals surface area contributed by atoms with Crippen LogP contribution < -0.4 is 5.32 Å². The van der Waals surface area contributed by atoms with E-state index in [0.717, 1.165) is 51.4 Å². The van der Waals surface area contributed by atoms with Crippen molar-refractivity contribution in [2.45, 2.75) is 82.7 Å². The number of piperazine rings is 1. The van der Waals surface area contributed by atoms with E-state index in [9.17, 15) is 9.59 Å². The van der Waals surface area contributed by atoms with Gasteiger partial charge in [0.15, 0.2) is 0 Å². The predicted molar refractivity (Wildman–Crippen MR) is 81.7 cm³/mol. The van der Waals surface area contributed by atoms with Gasteiger partial charge < -0.3 is 10.2 Å². The second-order valence-corrected chi connectivity index (χ2v) is 7.65. The summed E-state index contributed by atoms with van der Waals surface area (Å²) in [5, 5.41) is 3.19. The number of amides is 2. The zero-order chi connectivity index (χ0) is 15.1. The van der Waals surface area contributed by atoms with Gasteiger partial charge in [-0.3, -0.25) is 9.59 Å². The fourth-order valence-corrected chi connectivity index (χ4v) is 4.54. The number of nitrogens with one attached hydrogen (secondary N) is 1. The van der Waals surface area contributed by atoms with Gasteiger partial charge in [0, 0.05) is 6.54 Å². The predicted octanol–water partition coefficient (Wildman–Crippen LogP) is 2.62. The minimum Gasteiger partial charge on any atom is -0.340 e. The molecule has 1 saturated heterocycles. The minimum absolute atomic E-state index is 0.127. The molecule has 3 aliphatic rings. The van der Waals surface area contributed by atoms with Crippen LogP contribution in [0.1, 0.15) is 71.6 Å². The molecule has 2 amide bonds. The second-order valence-electron chi connectivity index (χ2n) is 7.65. The average Bonchev–Trinajstić information content (AvgIpc) is 2.94. The van der Waals surface area contributed by atoms with Gasteiger partial charge in [0.2, 0.25) is 11.8 Å². The van der Waals surface area contributed by atoms with E-state index < -0.39 is 11.1 Å². The van der Waals surface area contributed by atoms with Crippen molar-refractivity contribution in [3.63, 3.8) is 0 Å². The molecule has 21 heavy (non-hydrogen) atoms. The number of rotatable bonds is 2. The van der Waals surface area contributed by atoms with Crippen LogP contribution in [-0.4, -0.2) is 34.3 Å². The van der Waals surface area contributed by atoms with Gasteiger partial charge in [0.25, 0.3) is 0 Å². The normalized spacial score (nSPS) is 27.7. The molecule has 0 bridgehead atoms. The zero-order valence-electron chi connectivity index (χ0n) is 13.4. The maximum absolute atomic E-state index is 13.3. The van der Waals surface area contributed by atoms with E-state index in [4.69, 9.17) is 0 Å². The fourth-order valence-electron chi connectivity index (χ4n) is 4.54. The van der Waals surface area contributed by atoms with Gasteiger partial charge in [-0.1, -0.05) is 46.0 Å².